The maximum Gasteiger partial charge on any atom is 0.132 e. The monoisotopic (exact) mass is 530 g/mol. The zero-order valence-electron chi connectivity index (χ0n) is 17.9. The molecule has 4 heteroatoms. The van der Waals surface area contributed by atoms with Gasteiger partial charge in [-0.2, -0.15) is 11.8 Å². The molecule has 158 valence electrons. The molecule has 3 aromatic rings. The number of rotatable bonds is 6. The molecule has 30 heavy (non-hydrogen) atoms. The molecule has 0 amide bonds. The summed E-state index contributed by atoms with van der Waals surface area (Å²) in [6.45, 7) is 4.49. The van der Waals surface area contributed by atoms with E-state index in [9.17, 15) is 0 Å². The number of nitrogens with zero attached hydrogens (tertiary/aromatic N) is 2. The lowest BCUT2D eigenvalue weighted by atomic mass is 10.0. The lowest BCUT2D eigenvalue weighted by molar-refractivity contribution is -0.00000600. The summed E-state index contributed by atoms with van der Waals surface area (Å²) < 4.78 is 0.852. The molecular weight excluding hydrogens is 499 g/mol. The molecule has 1 heterocycles. The Morgan fingerprint density at radius 2 is 1.30 bits per heavy atom. The van der Waals surface area contributed by atoms with Crippen molar-refractivity contribution in [3.63, 3.8) is 0 Å². The first-order valence-corrected chi connectivity index (χ1v) is 11.6. The van der Waals surface area contributed by atoms with Crippen LogP contribution in [0.2, 0.25) is 0 Å². The Morgan fingerprint density at radius 1 is 0.733 bits per heavy atom. The molecule has 0 aromatic heterocycles. The average Bonchev–Trinajstić information content (AvgIpc) is 2.76. The number of halogens is 1. The molecule has 0 spiro atoms. The Labute approximate surface area is 202 Å². The molecule has 0 aliphatic carbocycles. The number of hydrogen-bond donors (Lipinski definition) is 0. The second-order valence-corrected chi connectivity index (χ2v) is 9.69. The molecule has 1 aliphatic heterocycles. The van der Waals surface area contributed by atoms with E-state index in [-0.39, 0.29) is 24.0 Å². The van der Waals surface area contributed by atoms with Crippen LogP contribution in [0.5, 0.6) is 0 Å². The highest BCUT2D eigenvalue weighted by atomic mass is 127. The third-order valence-electron chi connectivity index (χ3n) is 5.78. The van der Waals surface area contributed by atoms with Crippen LogP contribution in [0.3, 0.4) is 0 Å². The van der Waals surface area contributed by atoms with Gasteiger partial charge in [-0.3, -0.25) is 9.38 Å². The molecule has 4 rings (SSSR count). The van der Waals surface area contributed by atoms with Crippen LogP contribution in [0, 0.1) is 0 Å². The highest BCUT2D eigenvalue weighted by molar-refractivity contribution is 7.99. The quantitative estimate of drug-likeness (QED) is 0.356. The van der Waals surface area contributed by atoms with Crippen LogP contribution in [-0.4, -0.2) is 43.6 Å². The van der Waals surface area contributed by atoms with Crippen molar-refractivity contribution in [2.75, 3.05) is 38.7 Å². The molecule has 0 saturated carbocycles. The van der Waals surface area contributed by atoms with E-state index in [0.29, 0.717) is 0 Å². The first-order chi connectivity index (χ1) is 14.1. The van der Waals surface area contributed by atoms with Gasteiger partial charge in [0.15, 0.2) is 0 Å². The van der Waals surface area contributed by atoms with Crippen molar-refractivity contribution in [2.45, 2.75) is 13.1 Å². The normalized spacial score (nSPS) is 14.9. The van der Waals surface area contributed by atoms with Gasteiger partial charge in [0.25, 0.3) is 0 Å². The molecule has 0 N–H and O–H groups in total. The molecule has 1 aliphatic rings. The van der Waals surface area contributed by atoms with Crippen LogP contribution >= 0.6 is 11.8 Å². The van der Waals surface area contributed by atoms with Gasteiger partial charge in [-0.1, -0.05) is 66.7 Å². The van der Waals surface area contributed by atoms with Crippen LogP contribution in [0.25, 0.3) is 11.1 Å². The summed E-state index contributed by atoms with van der Waals surface area (Å²) in [6, 6.07) is 28.9. The fourth-order valence-corrected chi connectivity index (χ4v) is 4.98. The minimum absolute atomic E-state index is 0. The van der Waals surface area contributed by atoms with Crippen molar-refractivity contribution in [3.8, 4) is 11.1 Å². The smallest absolute Gasteiger partial charge is 0.132 e. The largest absolute Gasteiger partial charge is 1.00 e. The number of thioether (sulfide) groups is 1. The predicted molar refractivity (Wildman–Crippen MR) is 128 cm³/mol. The SMILES string of the molecule is C[N+](C)(Cc1ccc(-c2ccccc2)cc1)c1ccc(CN2CCSCC2)cc1.[I-]. The Morgan fingerprint density at radius 3 is 1.93 bits per heavy atom. The Hall–Kier alpha value is -1.34. The first-order valence-electron chi connectivity index (χ1n) is 10.5. The molecular formula is C26H31IN2S. The maximum absolute atomic E-state index is 2.57. The van der Waals surface area contributed by atoms with Gasteiger partial charge in [-0.15, -0.1) is 0 Å². The van der Waals surface area contributed by atoms with Gasteiger partial charge in [-0.25, -0.2) is 0 Å². The fraction of sp³-hybridized carbons (Fsp3) is 0.308. The summed E-state index contributed by atoms with van der Waals surface area (Å²) in [5.74, 6) is 2.54. The molecule has 1 saturated heterocycles. The summed E-state index contributed by atoms with van der Waals surface area (Å²) in [5, 5.41) is 0. The average molecular weight is 531 g/mol. The van der Waals surface area contributed by atoms with E-state index in [1.54, 1.807) is 0 Å². The third kappa shape index (κ3) is 6.10. The molecule has 0 atom stereocenters. The summed E-state index contributed by atoms with van der Waals surface area (Å²) >= 11 is 2.07. The lowest BCUT2D eigenvalue weighted by Gasteiger charge is -2.30. The van der Waals surface area contributed by atoms with E-state index in [0.717, 1.165) is 17.6 Å². The van der Waals surface area contributed by atoms with Crippen molar-refractivity contribution in [3.05, 3.63) is 90.0 Å². The van der Waals surface area contributed by atoms with Crippen LogP contribution < -0.4 is 28.5 Å². The molecule has 0 bridgehead atoms. The van der Waals surface area contributed by atoms with Crippen molar-refractivity contribution in [1.29, 1.82) is 0 Å². The Balaban J connectivity index is 0.00000256. The van der Waals surface area contributed by atoms with Gasteiger partial charge in [0.1, 0.15) is 12.2 Å². The van der Waals surface area contributed by atoms with Gasteiger partial charge in [0.2, 0.25) is 0 Å². The van der Waals surface area contributed by atoms with E-state index in [2.05, 4.69) is 110 Å². The second kappa shape index (κ2) is 10.8. The summed E-state index contributed by atoms with van der Waals surface area (Å²) in [6.07, 6.45) is 0. The van der Waals surface area contributed by atoms with Crippen molar-refractivity contribution in [2.24, 2.45) is 0 Å². The molecule has 2 nitrogen and oxygen atoms in total. The third-order valence-corrected chi connectivity index (χ3v) is 6.73. The van der Waals surface area contributed by atoms with Gasteiger partial charge in [0.05, 0.1) is 14.1 Å². The van der Waals surface area contributed by atoms with Crippen LogP contribution in [-0.2, 0) is 13.1 Å². The highest BCUT2D eigenvalue weighted by Crippen LogP contribution is 2.25. The summed E-state index contributed by atoms with van der Waals surface area (Å²) in [4.78, 5) is 2.57. The zero-order valence-corrected chi connectivity index (χ0v) is 20.9. The topological polar surface area (TPSA) is 3.24 Å². The van der Waals surface area contributed by atoms with E-state index < -0.39 is 0 Å². The Bertz CT molecular complexity index is 902. The summed E-state index contributed by atoms with van der Waals surface area (Å²) in [5.41, 5.74) is 6.70. The zero-order chi connectivity index (χ0) is 20.1. The van der Waals surface area contributed by atoms with Gasteiger partial charge >= 0.3 is 0 Å². The minimum Gasteiger partial charge on any atom is -1.00 e. The molecule has 0 radical (unpaired) electrons. The van der Waals surface area contributed by atoms with Crippen LogP contribution in [0.4, 0.5) is 5.69 Å². The van der Waals surface area contributed by atoms with E-state index in [4.69, 9.17) is 0 Å². The standard InChI is InChI=1S/C26H31N2S.HI/c1-28(2,21-23-8-12-25(13-9-23)24-6-4-3-5-7-24)26-14-10-22(11-15-26)20-27-16-18-29-19-17-27;/h3-15H,16-21H2,1-2H3;1H/q+1;/p-1. The summed E-state index contributed by atoms with van der Waals surface area (Å²) in [7, 11) is 4.59. The van der Waals surface area contributed by atoms with Crippen molar-refractivity contribution >= 4 is 17.4 Å². The van der Waals surface area contributed by atoms with E-state index in [1.165, 1.54) is 52.5 Å². The maximum atomic E-state index is 2.57. The highest BCUT2D eigenvalue weighted by Gasteiger charge is 2.20. The Kier molecular flexibility index (Phi) is 8.40. The van der Waals surface area contributed by atoms with Gasteiger partial charge in [0, 0.05) is 36.7 Å². The number of benzene rings is 3. The van der Waals surface area contributed by atoms with Crippen LogP contribution in [0.15, 0.2) is 78.9 Å². The number of quaternary nitrogens is 1. The van der Waals surface area contributed by atoms with Crippen molar-refractivity contribution in [1.82, 2.24) is 9.38 Å². The van der Waals surface area contributed by atoms with Gasteiger partial charge in [-0.05, 0) is 28.8 Å². The fourth-order valence-electron chi connectivity index (χ4n) is 4.00. The predicted octanol–water partition coefficient (Wildman–Crippen LogP) is 2.67. The minimum atomic E-state index is 0. The molecule has 0 unspecified atom stereocenters. The van der Waals surface area contributed by atoms with Gasteiger partial charge < -0.3 is 24.0 Å². The van der Waals surface area contributed by atoms with E-state index in [1.807, 2.05) is 0 Å². The van der Waals surface area contributed by atoms with Crippen molar-refractivity contribution < 1.29 is 24.0 Å². The molecule has 3 aromatic carbocycles. The number of hydrogen-bond acceptors (Lipinski definition) is 2. The second-order valence-electron chi connectivity index (χ2n) is 8.46. The molecule has 1 fully saturated rings. The van der Waals surface area contributed by atoms with Crippen LogP contribution in [0.1, 0.15) is 11.1 Å². The van der Waals surface area contributed by atoms with E-state index >= 15 is 0 Å². The first kappa shape index (κ1) is 23.3. The lowest BCUT2D eigenvalue weighted by Crippen LogP contribution is -3.00.